The van der Waals surface area contributed by atoms with Crippen LogP contribution in [0.2, 0.25) is 0 Å². The lowest BCUT2D eigenvalue weighted by atomic mass is 10.2. The van der Waals surface area contributed by atoms with Crippen LogP contribution >= 0.6 is 0 Å². The monoisotopic (exact) mass is 349 g/mol. The van der Waals surface area contributed by atoms with E-state index in [1.165, 1.54) is 33.8 Å². The zero-order valence-corrected chi connectivity index (χ0v) is 13.3. The molecule has 0 amide bonds. The number of rotatable bonds is 4. The van der Waals surface area contributed by atoms with Crippen LogP contribution in [0, 0.1) is 10.1 Å². The van der Waals surface area contributed by atoms with E-state index < -0.39 is 4.92 Å². The molecule has 0 radical (unpaired) electrons. The van der Waals surface area contributed by atoms with Gasteiger partial charge in [-0.05, 0) is 28.6 Å². The SMILES string of the molecule is O=c1c2ccc([N+](=O)[O-])cc2ncn1Cc1nnnn1-c1ccccc1. The van der Waals surface area contributed by atoms with Gasteiger partial charge in [0.05, 0.1) is 34.4 Å². The average molecular weight is 349 g/mol. The third kappa shape index (κ3) is 2.69. The van der Waals surface area contributed by atoms with E-state index in [9.17, 15) is 14.9 Å². The Hall–Kier alpha value is -3.95. The molecule has 10 nitrogen and oxygen atoms in total. The molecule has 4 aromatic rings. The number of hydrogen-bond donors (Lipinski definition) is 0. The van der Waals surface area contributed by atoms with Crippen LogP contribution in [0.5, 0.6) is 0 Å². The van der Waals surface area contributed by atoms with Crippen molar-refractivity contribution in [1.82, 2.24) is 29.8 Å². The molecule has 26 heavy (non-hydrogen) atoms. The van der Waals surface area contributed by atoms with Crippen molar-refractivity contribution in [3.05, 3.63) is 81.2 Å². The first-order valence-electron chi connectivity index (χ1n) is 7.60. The molecule has 0 N–H and O–H groups in total. The van der Waals surface area contributed by atoms with E-state index in [1.807, 2.05) is 30.3 Å². The number of non-ortho nitro benzene ring substituents is 1. The van der Waals surface area contributed by atoms with Crippen molar-refractivity contribution in [2.45, 2.75) is 6.54 Å². The minimum absolute atomic E-state index is 0.112. The number of nitro benzene ring substituents is 1. The van der Waals surface area contributed by atoms with E-state index in [2.05, 4.69) is 20.5 Å². The van der Waals surface area contributed by atoms with Crippen molar-refractivity contribution in [3.63, 3.8) is 0 Å². The Balaban J connectivity index is 1.74. The molecule has 0 spiro atoms. The van der Waals surface area contributed by atoms with E-state index in [1.54, 1.807) is 0 Å². The van der Waals surface area contributed by atoms with Crippen molar-refractivity contribution in [2.24, 2.45) is 0 Å². The van der Waals surface area contributed by atoms with Gasteiger partial charge in [-0.25, -0.2) is 4.98 Å². The van der Waals surface area contributed by atoms with Crippen LogP contribution < -0.4 is 5.56 Å². The summed E-state index contributed by atoms with van der Waals surface area (Å²) in [7, 11) is 0. The molecule has 128 valence electrons. The Labute approximate surface area is 145 Å². The predicted octanol–water partition coefficient (Wildman–Crippen LogP) is 1.33. The number of tetrazole rings is 1. The van der Waals surface area contributed by atoms with Gasteiger partial charge in [0.2, 0.25) is 0 Å². The number of benzene rings is 2. The van der Waals surface area contributed by atoms with Crippen molar-refractivity contribution in [2.75, 3.05) is 0 Å². The Morgan fingerprint density at radius 3 is 2.69 bits per heavy atom. The van der Waals surface area contributed by atoms with Gasteiger partial charge in [0, 0.05) is 12.1 Å². The molecular formula is C16H11N7O3. The van der Waals surface area contributed by atoms with Crippen LogP contribution in [0.3, 0.4) is 0 Å². The van der Waals surface area contributed by atoms with Gasteiger partial charge in [-0.15, -0.1) is 5.10 Å². The zero-order valence-electron chi connectivity index (χ0n) is 13.3. The minimum atomic E-state index is -0.527. The van der Waals surface area contributed by atoms with E-state index in [4.69, 9.17) is 0 Å². The highest BCUT2D eigenvalue weighted by molar-refractivity contribution is 5.79. The van der Waals surface area contributed by atoms with Crippen LogP contribution in [0.15, 0.2) is 59.7 Å². The van der Waals surface area contributed by atoms with E-state index >= 15 is 0 Å². The first kappa shape index (κ1) is 15.6. The Kier molecular flexibility index (Phi) is 3.69. The molecule has 0 aliphatic heterocycles. The molecular weight excluding hydrogens is 338 g/mol. The molecule has 0 aliphatic rings. The van der Waals surface area contributed by atoms with Crippen molar-refractivity contribution >= 4 is 16.6 Å². The van der Waals surface area contributed by atoms with Gasteiger partial charge in [-0.1, -0.05) is 18.2 Å². The zero-order chi connectivity index (χ0) is 18.1. The molecule has 0 atom stereocenters. The molecule has 0 bridgehead atoms. The second-order valence-electron chi connectivity index (χ2n) is 5.48. The highest BCUT2D eigenvalue weighted by Crippen LogP contribution is 2.16. The van der Waals surface area contributed by atoms with Crippen LogP contribution in [0.1, 0.15) is 5.82 Å². The fourth-order valence-electron chi connectivity index (χ4n) is 2.60. The van der Waals surface area contributed by atoms with Crippen molar-refractivity contribution < 1.29 is 4.92 Å². The molecule has 4 rings (SSSR count). The second-order valence-corrected chi connectivity index (χ2v) is 5.48. The lowest BCUT2D eigenvalue weighted by Gasteiger charge is -2.07. The average Bonchev–Trinajstić information content (AvgIpc) is 3.12. The molecule has 0 aliphatic carbocycles. The summed E-state index contributed by atoms with van der Waals surface area (Å²) in [5.74, 6) is 0.460. The van der Waals surface area contributed by atoms with Crippen LogP contribution in [-0.4, -0.2) is 34.7 Å². The van der Waals surface area contributed by atoms with Gasteiger partial charge in [0.1, 0.15) is 0 Å². The van der Waals surface area contributed by atoms with Crippen molar-refractivity contribution in [1.29, 1.82) is 0 Å². The first-order valence-corrected chi connectivity index (χ1v) is 7.60. The lowest BCUT2D eigenvalue weighted by Crippen LogP contribution is -2.23. The number of fused-ring (bicyclic) bond motifs is 1. The van der Waals surface area contributed by atoms with Crippen LogP contribution in [-0.2, 0) is 6.54 Å². The van der Waals surface area contributed by atoms with E-state index in [0.29, 0.717) is 5.82 Å². The first-order chi connectivity index (χ1) is 12.6. The summed E-state index contributed by atoms with van der Waals surface area (Å²) >= 11 is 0. The highest BCUT2D eigenvalue weighted by Gasteiger charge is 2.13. The van der Waals surface area contributed by atoms with Gasteiger partial charge in [0.25, 0.3) is 11.2 Å². The highest BCUT2D eigenvalue weighted by atomic mass is 16.6. The molecule has 0 saturated carbocycles. The Morgan fingerprint density at radius 1 is 1.12 bits per heavy atom. The summed E-state index contributed by atoms with van der Waals surface area (Å²) in [6, 6.07) is 13.2. The van der Waals surface area contributed by atoms with E-state index in [0.717, 1.165) is 5.69 Å². The van der Waals surface area contributed by atoms with Gasteiger partial charge < -0.3 is 0 Å². The second kappa shape index (κ2) is 6.16. The quantitative estimate of drug-likeness (QED) is 0.402. The summed E-state index contributed by atoms with van der Waals surface area (Å²) in [6.07, 6.45) is 1.33. The minimum Gasteiger partial charge on any atom is -0.291 e. The molecule has 10 heteroatoms. The van der Waals surface area contributed by atoms with Gasteiger partial charge in [0.15, 0.2) is 5.82 Å². The maximum absolute atomic E-state index is 12.7. The fourth-order valence-corrected chi connectivity index (χ4v) is 2.60. The fraction of sp³-hybridized carbons (Fsp3) is 0.0625. The molecule has 0 fully saturated rings. The number of nitro groups is 1. The van der Waals surface area contributed by atoms with Gasteiger partial charge in [-0.3, -0.25) is 19.5 Å². The molecule has 2 heterocycles. The van der Waals surface area contributed by atoms with E-state index in [-0.39, 0.29) is 28.7 Å². The number of hydrogen-bond acceptors (Lipinski definition) is 7. The molecule has 2 aromatic heterocycles. The third-order valence-electron chi connectivity index (χ3n) is 3.87. The van der Waals surface area contributed by atoms with Gasteiger partial charge >= 0.3 is 0 Å². The molecule has 2 aromatic carbocycles. The lowest BCUT2D eigenvalue weighted by molar-refractivity contribution is -0.384. The summed E-state index contributed by atoms with van der Waals surface area (Å²) in [4.78, 5) is 27.1. The predicted molar refractivity (Wildman–Crippen MR) is 90.9 cm³/mol. The topological polar surface area (TPSA) is 122 Å². The normalized spacial score (nSPS) is 10.9. The largest absolute Gasteiger partial charge is 0.291 e. The van der Waals surface area contributed by atoms with Crippen molar-refractivity contribution in [3.8, 4) is 5.69 Å². The smallest absolute Gasteiger partial charge is 0.271 e. The summed E-state index contributed by atoms with van der Waals surface area (Å²) in [5, 5.41) is 22.7. The summed E-state index contributed by atoms with van der Waals surface area (Å²) < 4.78 is 2.89. The number of aromatic nitrogens is 6. The molecule has 0 unspecified atom stereocenters. The summed E-state index contributed by atoms with van der Waals surface area (Å²) in [5.41, 5.74) is 0.593. The standard InChI is InChI=1S/C16H11N7O3/c24-16-13-7-6-12(23(25)26)8-14(13)17-10-21(16)9-15-18-19-20-22(15)11-4-2-1-3-5-11/h1-8,10H,9H2. The molecule has 0 saturated heterocycles. The Bertz CT molecular complexity index is 1170. The van der Waals surface area contributed by atoms with Crippen LogP contribution in [0.4, 0.5) is 5.69 Å². The maximum Gasteiger partial charge on any atom is 0.271 e. The van der Waals surface area contributed by atoms with Crippen LogP contribution in [0.25, 0.3) is 16.6 Å². The number of nitrogens with zero attached hydrogens (tertiary/aromatic N) is 7. The number of para-hydroxylation sites is 1. The Morgan fingerprint density at radius 2 is 1.92 bits per heavy atom. The summed E-state index contributed by atoms with van der Waals surface area (Å²) in [6.45, 7) is 0.112. The maximum atomic E-state index is 12.7. The van der Waals surface area contributed by atoms with Gasteiger partial charge in [-0.2, -0.15) is 4.68 Å². The third-order valence-corrected chi connectivity index (χ3v) is 3.87.